The molecule has 2 N–H and O–H groups in total. The van der Waals surface area contributed by atoms with E-state index in [0.717, 1.165) is 10.6 Å². The number of carbonyl (C=O) groups is 1. The highest BCUT2D eigenvalue weighted by Crippen LogP contribution is 2.28. The van der Waals surface area contributed by atoms with Gasteiger partial charge < -0.3 is 10.6 Å². The number of amides is 1. The largest absolute Gasteiger partial charge is 0.373 e. The Bertz CT molecular complexity index is 523. The normalized spacial score (nSPS) is 11.8. The molecule has 0 heterocycles. The van der Waals surface area contributed by atoms with E-state index in [1.54, 1.807) is 18.7 Å². The van der Waals surface area contributed by atoms with E-state index >= 15 is 0 Å². The van der Waals surface area contributed by atoms with E-state index in [2.05, 4.69) is 30.6 Å². The van der Waals surface area contributed by atoms with E-state index in [4.69, 9.17) is 0 Å². The number of nitrogens with zero attached hydrogens (tertiary/aromatic N) is 1. The van der Waals surface area contributed by atoms with Crippen molar-refractivity contribution in [2.45, 2.75) is 38.6 Å². The molecule has 1 atom stereocenters. The molecule has 0 saturated carbocycles. The van der Waals surface area contributed by atoms with Gasteiger partial charge in [-0.15, -0.1) is 11.8 Å². The van der Waals surface area contributed by atoms with Crippen LogP contribution in [-0.2, 0) is 4.79 Å². The summed E-state index contributed by atoms with van der Waals surface area (Å²) in [6, 6.07) is 7.52. The van der Waals surface area contributed by atoms with Crippen LogP contribution in [0.4, 0.5) is 5.69 Å². The first-order chi connectivity index (χ1) is 9.99. The van der Waals surface area contributed by atoms with Gasteiger partial charge in [-0.2, -0.15) is 5.26 Å². The summed E-state index contributed by atoms with van der Waals surface area (Å²) >= 11 is 1.63. The maximum atomic E-state index is 12.0. The number of hydrogen-bond donors (Lipinski definition) is 2. The Morgan fingerprint density at radius 3 is 2.67 bits per heavy atom. The molecule has 21 heavy (non-hydrogen) atoms. The smallest absolute Gasteiger partial charge is 0.242 e. The second kappa shape index (κ2) is 8.58. The second-order valence-corrected chi connectivity index (χ2v) is 6.53. The standard InChI is InChI=1S/C16H23N3OS/c1-5-21-15-8-6-7-14(13(15)9-17)19-12(4)16(20)18-10-11(2)3/h6-8,11-12,19H,5,10H2,1-4H3,(H,18,20). The minimum absolute atomic E-state index is 0.0545. The molecule has 0 radical (unpaired) electrons. The molecular weight excluding hydrogens is 282 g/mol. The van der Waals surface area contributed by atoms with Crippen LogP contribution in [0.15, 0.2) is 23.1 Å². The van der Waals surface area contributed by atoms with E-state index < -0.39 is 0 Å². The third-order valence-electron chi connectivity index (χ3n) is 2.89. The van der Waals surface area contributed by atoms with Crippen molar-refractivity contribution in [2.24, 2.45) is 5.92 Å². The van der Waals surface area contributed by atoms with E-state index in [1.807, 2.05) is 25.1 Å². The summed E-state index contributed by atoms with van der Waals surface area (Å²) < 4.78 is 0. The van der Waals surface area contributed by atoms with E-state index in [0.29, 0.717) is 23.7 Å². The van der Waals surface area contributed by atoms with Crippen molar-refractivity contribution in [3.05, 3.63) is 23.8 Å². The third kappa shape index (κ3) is 5.31. The van der Waals surface area contributed by atoms with Gasteiger partial charge in [-0.1, -0.05) is 26.8 Å². The summed E-state index contributed by atoms with van der Waals surface area (Å²) in [7, 11) is 0. The molecule has 1 amide bonds. The van der Waals surface area contributed by atoms with Gasteiger partial charge in [0.2, 0.25) is 5.91 Å². The predicted molar refractivity (Wildman–Crippen MR) is 88.5 cm³/mol. The van der Waals surface area contributed by atoms with Crippen LogP contribution >= 0.6 is 11.8 Å². The number of hydrogen-bond acceptors (Lipinski definition) is 4. The van der Waals surface area contributed by atoms with Gasteiger partial charge in [0.15, 0.2) is 0 Å². The number of carbonyl (C=O) groups excluding carboxylic acids is 1. The van der Waals surface area contributed by atoms with Crippen LogP contribution in [-0.4, -0.2) is 24.2 Å². The number of benzene rings is 1. The van der Waals surface area contributed by atoms with Crippen molar-refractivity contribution in [3.63, 3.8) is 0 Å². The van der Waals surface area contributed by atoms with E-state index in [9.17, 15) is 10.1 Å². The molecule has 1 aromatic carbocycles. The topological polar surface area (TPSA) is 64.9 Å². The fraction of sp³-hybridized carbons (Fsp3) is 0.500. The molecule has 0 saturated heterocycles. The zero-order valence-electron chi connectivity index (χ0n) is 13.1. The molecule has 0 aliphatic heterocycles. The summed E-state index contributed by atoms with van der Waals surface area (Å²) in [6.45, 7) is 8.61. The fourth-order valence-electron chi connectivity index (χ4n) is 1.80. The Morgan fingerprint density at radius 2 is 2.10 bits per heavy atom. The van der Waals surface area contributed by atoms with Crippen molar-refractivity contribution in [1.82, 2.24) is 5.32 Å². The third-order valence-corrected chi connectivity index (χ3v) is 3.83. The molecule has 1 aromatic rings. The Hall–Kier alpha value is -1.67. The first-order valence-corrected chi connectivity index (χ1v) is 8.18. The van der Waals surface area contributed by atoms with Crippen LogP contribution in [0.3, 0.4) is 0 Å². The average molecular weight is 305 g/mol. The molecule has 0 spiro atoms. The van der Waals surface area contributed by atoms with Crippen molar-refractivity contribution >= 4 is 23.4 Å². The van der Waals surface area contributed by atoms with Gasteiger partial charge in [0.05, 0.1) is 11.3 Å². The molecule has 1 unspecified atom stereocenters. The lowest BCUT2D eigenvalue weighted by Gasteiger charge is -2.18. The number of anilines is 1. The maximum Gasteiger partial charge on any atom is 0.242 e. The molecule has 5 heteroatoms. The lowest BCUT2D eigenvalue weighted by molar-refractivity contribution is -0.121. The molecule has 4 nitrogen and oxygen atoms in total. The van der Waals surface area contributed by atoms with Gasteiger partial charge >= 0.3 is 0 Å². The fourth-order valence-corrected chi connectivity index (χ4v) is 2.58. The number of nitrogens with one attached hydrogen (secondary N) is 2. The molecular formula is C16H23N3OS. The van der Waals surface area contributed by atoms with Gasteiger partial charge in [0, 0.05) is 11.4 Å². The number of thioether (sulfide) groups is 1. The van der Waals surface area contributed by atoms with Crippen molar-refractivity contribution in [2.75, 3.05) is 17.6 Å². The quantitative estimate of drug-likeness (QED) is 0.759. The highest BCUT2D eigenvalue weighted by Gasteiger charge is 2.15. The summed E-state index contributed by atoms with van der Waals surface area (Å²) in [5, 5.41) is 15.4. The van der Waals surface area contributed by atoms with Gasteiger partial charge in [-0.25, -0.2) is 0 Å². The Labute approximate surface area is 131 Å². The van der Waals surface area contributed by atoms with Crippen molar-refractivity contribution in [3.8, 4) is 6.07 Å². The lowest BCUT2D eigenvalue weighted by Crippen LogP contribution is -2.39. The molecule has 0 aliphatic carbocycles. The van der Waals surface area contributed by atoms with E-state index in [-0.39, 0.29) is 11.9 Å². The van der Waals surface area contributed by atoms with Crippen molar-refractivity contribution in [1.29, 1.82) is 5.26 Å². The summed E-state index contributed by atoms with van der Waals surface area (Å²) in [5.74, 6) is 1.27. The van der Waals surface area contributed by atoms with Crippen LogP contribution in [0.2, 0.25) is 0 Å². The summed E-state index contributed by atoms with van der Waals surface area (Å²) in [4.78, 5) is 12.9. The van der Waals surface area contributed by atoms with Crippen molar-refractivity contribution < 1.29 is 4.79 Å². The van der Waals surface area contributed by atoms with E-state index in [1.165, 1.54) is 0 Å². The maximum absolute atomic E-state index is 12.0. The Balaban J connectivity index is 2.80. The molecule has 0 bridgehead atoms. The monoisotopic (exact) mass is 305 g/mol. The first kappa shape index (κ1) is 17.4. The average Bonchev–Trinajstić information content (AvgIpc) is 2.45. The molecule has 0 aliphatic rings. The SMILES string of the molecule is CCSc1cccc(NC(C)C(=O)NCC(C)C)c1C#N. The lowest BCUT2D eigenvalue weighted by atomic mass is 10.1. The van der Waals surface area contributed by atoms with Gasteiger partial charge in [-0.3, -0.25) is 4.79 Å². The van der Waals surface area contributed by atoms with Crippen LogP contribution in [0, 0.1) is 17.2 Å². The predicted octanol–water partition coefficient (Wildman–Crippen LogP) is 3.24. The highest BCUT2D eigenvalue weighted by molar-refractivity contribution is 7.99. The van der Waals surface area contributed by atoms with Gasteiger partial charge in [0.1, 0.15) is 12.1 Å². The Kier molecular flexibility index (Phi) is 7.10. The molecule has 114 valence electrons. The Morgan fingerprint density at radius 1 is 1.38 bits per heavy atom. The van der Waals surface area contributed by atoms with Gasteiger partial charge in [-0.05, 0) is 30.7 Å². The second-order valence-electron chi connectivity index (χ2n) is 5.23. The van der Waals surface area contributed by atoms with Crippen LogP contribution in [0.25, 0.3) is 0 Å². The number of rotatable bonds is 7. The molecule has 0 aromatic heterocycles. The summed E-state index contributed by atoms with van der Waals surface area (Å²) in [5.41, 5.74) is 1.32. The molecule has 0 fully saturated rings. The summed E-state index contributed by atoms with van der Waals surface area (Å²) in [6.07, 6.45) is 0. The van der Waals surface area contributed by atoms with Crippen LogP contribution < -0.4 is 10.6 Å². The van der Waals surface area contributed by atoms with Crippen LogP contribution in [0.1, 0.15) is 33.3 Å². The number of nitriles is 1. The zero-order valence-corrected chi connectivity index (χ0v) is 13.9. The zero-order chi connectivity index (χ0) is 15.8. The van der Waals surface area contributed by atoms with Gasteiger partial charge in [0.25, 0.3) is 0 Å². The first-order valence-electron chi connectivity index (χ1n) is 7.19. The molecule has 1 rings (SSSR count). The minimum atomic E-state index is -0.377. The highest BCUT2D eigenvalue weighted by atomic mass is 32.2. The minimum Gasteiger partial charge on any atom is -0.373 e. The van der Waals surface area contributed by atoms with Crippen LogP contribution in [0.5, 0.6) is 0 Å².